The molecule has 1 aromatic carbocycles. The Morgan fingerprint density at radius 1 is 1.03 bits per heavy atom. The van der Waals surface area contributed by atoms with E-state index in [2.05, 4.69) is 20.5 Å². The molecule has 0 saturated heterocycles. The van der Waals surface area contributed by atoms with Crippen LogP contribution in [0.15, 0.2) is 23.2 Å². The molecule has 0 aliphatic carbocycles. The standard InChI is InChI=1S/C25H41N5O6/c1-24(2,3)35-22(31)28-12-7-11-27-21(29-23(32)36-25(4,5)6)30-13-10-18-16-20(33-14-15-34-26)9-8-19(18)17-30/h8-9,16H,7,10-15,17,26H2,1-6H3,(H,28,31)(H,27,29,32). The van der Waals surface area contributed by atoms with Crippen LogP contribution in [-0.4, -0.2) is 67.1 Å². The smallest absolute Gasteiger partial charge is 0.414 e. The molecular weight excluding hydrogens is 466 g/mol. The number of rotatable bonds is 8. The Hall–Kier alpha value is -3.05. The van der Waals surface area contributed by atoms with E-state index in [4.69, 9.17) is 20.1 Å². The lowest BCUT2D eigenvalue weighted by molar-refractivity contribution is 0.0524. The SMILES string of the molecule is CC(C)(C)OC(=O)NCCCN=C(NC(=O)OC(C)(C)C)N1CCc2cc(OCCON)ccc2C1. The normalized spacial score (nSPS) is 14.1. The van der Waals surface area contributed by atoms with Crippen molar-refractivity contribution in [3.8, 4) is 5.75 Å². The molecule has 0 atom stereocenters. The molecule has 0 aromatic heterocycles. The largest absolute Gasteiger partial charge is 0.491 e. The highest BCUT2D eigenvalue weighted by atomic mass is 16.6. The summed E-state index contributed by atoms with van der Waals surface area (Å²) in [6.07, 6.45) is 0.306. The molecule has 4 N–H and O–H groups in total. The van der Waals surface area contributed by atoms with Gasteiger partial charge in [0.2, 0.25) is 5.96 Å². The maximum absolute atomic E-state index is 12.5. The number of benzene rings is 1. The number of nitrogens with zero attached hydrogens (tertiary/aromatic N) is 2. The maximum atomic E-state index is 12.5. The van der Waals surface area contributed by atoms with Gasteiger partial charge < -0.3 is 29.3 Å². The molecule has 1 aliphatic rings. The molecule has 0 saturated carbocycles. The fourth-order valence-corrected chi connectivity index (χ4v) is 3.39. The van der Waals surface area contributed by atoms with Crippen molar-refractivity contribution < 1.29 is 28.6 Å². The van der Waals surface area contributed by atoms with Gasteiger partial charge in [0.05, 0.1) is 0 Å². The van der Waals surface area contributed by atoms with E-state index >= 15 is 0 Å². The molecule has 0 unspecified atom stereocenters. The van der Waals surface area contributed by atoms with E-state index in [1.165, 1.54) is 5.56 Å². The Morgan fingerprint density at radius 2 is 1.72 bits per heavy atom. The first-order valence-corrected chi connectivity index (χ1v) is 12.2. The number of carbonyl (C=O) groups is 2. The number of nitrogens with one attached hydrogen (secondary N) is 2. The van der Waals surface area contributed by atoms with Gasteiger partial charge in [-0.25, -0.2) is 15.5 Å². The summed E-state index contributed by atoms with van der Waals surface area (Å²) in [6, 6.07) is 5.93. The lowest BCUT2D eigenvalue weighted by Gasteiger charge is -2.32. The van der Waals surface area contributed by atoms with Crippen LogP contribution >= 0.6 is 0 Å². The van der Waals surface area contributed by atoms with Crippen LogP contribution in [0.5, 0.6) is 5.75 Å². The zero-order chi connectivity index (χ0) is 26.8. The lowest BCUT2D eigenvalue weighted by atomic mass is 9.99. The third-order valence-corrected chi connectivity index (χ3v) is 4.84. The second-order valence-corrected chi connectivity index (χ2v) is 10.4. The van der Waals surface area contributed by atoms with Gasteiger partial charge >= 0.3 is 12.2 Å². The van der Waals surface area contributed by atoms with Crippen LogP contribution in [0.1, 0.15) is 59.1 Å². The fourth-order valence-electron chi connectivity index (χ4n) is 3.39. The van der Waals surface area contributed by atoms with Gasteiger partial charge in [0, 0.05) is 26.2 Å². The number of guanidine groups is 1. The summed E-state index contributed by atoms with van der Waals surface area (Å²) in [5.41, 5.74) is 1.11. The van der Waals surface area contributed by atoms with E-state index in [0.29, 0.717) is 51.8 Å². The van der Waals surface area contributed by atoms with Crippen molar-refractivity contribution in [1.29, 1.82) is 0 Å². The molecule has 1 heterocycles. The van der Waals surface area contributed by atoms with Gasteiger partial charge in [-0.3, -0.25) is 10.3 Å². The molecular formula is C25H41N5O6. The van der Waals surface area contributed by atoms with Crippen molar-refractivity contribution in [1.82, 2.24) is 15.5 Å². The summed E-state index contributed by atoms with van der Waals surface area (Å²) >= 11 is 0. The van der Waals surface area contributed by atoms with Gasteiger partial charge in [0.1, 0.15) is 30.2 Å². The van der Waals surface area contributed by atoms with Crippen molar-refractivity contribution in [2.75, 3.05) is 32.8 Å². The van der Waals surface area contributed by atoms with Crippen molar-refractivity contribution in [2.45, 2.75) is 72.1 Å². The summed E-state index contributed by atoms with van der Waals surface area (Å²) in [7, 11) is 0. The van der Waals surface area contributed by atoms with Crippen molar-refractivity contribution >= 4 is 18.1 Å². The second kappa shape index (κ2) is 13.3. The number of nitrogens with two attached hydrogens (primary N) is 1. The molecule has 36 heavy (non-hydrogen) atoms. The topological polar surface area (TPSA) is 137 Å². The Labute approximate surface area is 213 Å². The first-order valence-electron chi connectivity index (χ1n) is 12.2. The Morgan fingerprint density at radius 3 is 2.39 bits per heavy atom. The highest BCUT2D eigenvalue weighted by molar-refractivity contribution is 5.94. The van der Waals surface area contributed by atoms with Crippen LogP contribution in [0, 0.1) is 0 Å². The second-order valence-electron chi connectivity index (χ2n) is 10.4. The molecule has 0 radical (unpaired) electrons. The van der Waals surface area contributed by atoms with E-state index in [1.54, 1.807) is 0 Å². The quantitative estimate of drug-likeness (QED) is 0.211. The number of alkyl carbamates (subject to hydrolysis) is 2. The number of carbonyl (C=O) groups excluding carboxylic acids is 2. The van der Waals surface area contributed by atoms with Gasteiger partial charge in [-0.2, -0.15) is 0 Å². The number of hydrogen-bond donors (Lipinski definition) is 3. The lowest BCUT2D eigenvalue weighted by Crippen LogP contribution is -2.47. The molecule has 0 spiro atoms. The predicted molar refractivity (Wildman–Crippen MR) is 137 cm³/mol. The van der Waals surface area contributed by atoms with Crippen LogP contribution in [0.4, 0.5) is 9.59 Å². The van der Waals surface area contributed by atoms with Crippen LogP contribution in [0.2, 0.25) is 0 Å². The molecule has 11 heteroatoms. The van der Waals surface area contributed by atoms with Crippen LogP contribution in [0.25, 0.3) is 0 Å². The summed E-state index contributed by atoms with van der Waals surface area (Å²) in [6.45, 7) is 13.6. The zero-order valence-electron chi connectivity index (χ0n) is 22.3. The van der Waals surface area contributed by atoms with Crippen LogP contribution < -0.4 is 21.3 Å². The van der Waals surface area contributed by atoms with Gasteiger partial charge in [-0.05, 0) is 77.6 Å². The van der Waals surface area contributed by atoms with E-state index in [-0.39, 0.29) is 0 Å². The van der Waals surface area contributed by atoms with E-state index < -0.39 is 23.4 Å². The fraction of sp³-hybridized carbons (Fsp3) is 0.640. The number of hydrogen-bond acceptors (Lipinski definition) is 8. The van der Waals surface area contributed by atoms with Gasteiger partial charge in [0.25, 0.3) is 0 Å². The minimum Gasteiger partial charge on any atom is -0.491 e. The molecule has 2 amide bonds. The zero-order valence-corrected chi connectivity index (χ0v) is 22.3. The summed E-state index contributed by atoms with van der Waals surface area (Å²) in [4.78, 5) is 35.5. The third-order valence-electron chi connectivity index (χ3n) is 4.84. The summed E-state index contributed by atoms with van der Waals surface area (Å²) < 4.78 is 16.3. The van der Waals surface area contributed by atoms with Gasteiger partial charge in [0.15, 0.2) is 0 Å². The Kier molecular flexibility index (Phi) is 10.8. The van der Waals surface area contributed by atoms with E-state index in [0.717, 1.165) is 17.7 Å². The monoisotopic (exact) mass is 507 g/mol. The Bertz CT molecular complexity index is 907. The van der Waals surface area contributed by atoms with Crippen LogP contribution in [0.3, 0.4) is 0 Å². The highest BCUT2D eigenvalue weighted by Crippen LogP contribution is 2.24. The summed E-state index contributed by atoms with van der Waals surface area (Å²) in [5.74, 6) is 6.24. The van der Waals surface area contributed by atoms with E-state index in [1.807, 2.05) is 64.6 Å². The average molecular weight is 508 g/mol. The third kappa shape index (κ3) is 11.1. The van der Waals surface area contributed by atoms with Gasteiger partial charge in [-0.15, -0.1) is 0 Å². The molecule has 1 aromatic rings. The first kappa shape index (κ1) is 29.2. The van der Waals surface area contributed by atoms with Crippen molar-refractivity contribution in [2.24, 2.45) is 10.9 Å². The maximum Gasteiger partial charge on any atom is 0.414 e. The van der Waals surface area contributed by atoms with Gasteiger partial charge in [-0.1, -0.05) is 6.07 Å². The van der Waals surface area contributed by atoms with Crippen molar-refractivity contribution in [3.63, 3.8) is 0 Å². The Balaban J connectivity index is 2.02. The molecule has 0 bridgehead atoms. The van der Waals surface area contributed by atoms with E-state index in [9.17, 15) is 9.59 Å². The molecule has 2 rings (SSSR count). The molecule has 202 valence electrons. The highest BCUT2D eigenvalue weighted by Gasteiger charge is 2.24. The number of fused-ring (bicyclic) bond motifs is 1. The minimum absolute atomic E-state index is 0.314. The molecule has 0 fully saturated rings. The van der Waals surface area contributed by atoms with Crippen LogP contribution in [-0.2, 0) is 27.3 Å². The molecule has 11 nitrogen and oxygen atoms in total. The average Bonchev–Trinajstić information content (AvgIpc) is 2.75. The molecule has 1 aliphatic heterocycles. The number of ether oxygens (including phenoxy) is 3. The number of aliphatic imine (C=N–C) groups is 1. The van der Waals surface area contributed by atoms with Crippen molar-refractivity contribution in [3.05, 3.63) is 29.3 Å². The first-order chi connectivity index (χ1) is 16.9. The number of amides is 2. The predicted octanol–water partition coefficient (Wildman–Crippen LogP) is 3.11. The summed E-state index contributed by atoms with van der Waals surface area (Å²) in [5, 5.41) is 5.52. The minimum atomic E-state index is -0.633.